The number of halogens is 1. The molecule has 1 aromatic carbocycles. The van der Waals surface area contributed by atoms with E-state index in [2.05, 4.69) is 0 Å². The van der Waals surface area contributed by atoms with Crippen LogP contribution in [0.4, 0.5) is 4.39 Å². The highest BCUT2D eigenvalue weighted by molar-refractivity contribution is 5.72. The van der Waals surface area contributed by atoms with Gasteiger partial charge in [-0.2, -0.15) is 0 Å². The van der Waals surface area contributed by atoms with Gasteiger partial charge in [-0.1, -0.05) is 12.1 Å². The monoisotopic (exact) mass is 267 g/mol. The van der Waals surface area contributed by atoms with Crippen molar-refractivity contribution in [3.05, 3.63) is 35.1 Å². The lowest BCUT2D eigenvalue weighted by atomic mass is 10.1. The van der Waals surface area contributed by atoms with Crippen molar-refractivity contribution in [1.29, 1.82) is 0 Å². The highest BCUT2D eigenvalue weighted by atomic mass is 19.1. The van der Waals surface area contributed by atoms with E-state index in [9.17, 15) is 14.0 Å². The normalized spacial score (nSPS) is 17.5. The summed E-state index contributed by atoms with van der Waals surface area (Å²) < 4.78 is 13.6. The summed E-state index contributed by atoms with van der Waals surface area (Å²) in [6, 6.07) is 4.30. The number of fused-ring (bicyclic) bond motifs is 1. The van der Waals surface area contributed by atoms with Crippen molar-refractivity contribution >= 4 is 11.9 Å². The predicted molar refractivity (Wildman–Crippen MR) is 64.3 cm³/mol. The molecule has 1 atom stereocenters. The standard InChI is InChI=1S/C13H14FNO4/c14-10-3-1-2-9-8(10)4-5-11(9)15(6-12(16)17)7-13(18)19/h1-3,11H,4-7H2,(H,16,17)(H,18,19). The van der Waals surface area contributed by atoms with Crippen molar-refractivity contribution in [2.45, 2.75) is 18.9 Å². The van der Waals surface area contributed by atoms with Gasteiger partial charge < -0.3 is 10.2 Å². The summed E-state index contributed by atoms with van der Waals surface area (Å²) in [7, 11) is 0. The maximum atomic E-state index is 13.6. The highest BCUT2D eigenvalue weighted by Crippen LogP contribution is 2.36. The van der Waals surface area contributed by atoms with Crippen molar-refractivity contribution in [1.82, 2.24) is 4.90 Å². The summed E-state index contributed by atoms with van der Waals surface area (Å²) >= 11 is 0. The summed E-state index contributed by atoms with van der Waals surface area (Å²) in [5.74, 6) is -2.50. The number of nitrogens with zero attached hydrogens (tertiary/aromatic N) is 1. The van der Waals surface area contributed by atoms with Crippen molar-refractivity contribution in [3.63, 3.8) is 0 Å². The van der Waals surface area contributed by atoms with Crippen LogP contribution < -0.4 is 0 Å². The molecule has 0 spiro atoms. The zero-order valence-electron chi connectivity index (χ0n) is 10.2. The number of hydrogen-bond donors (Lipinski definition) is 2. The van der Waals surface area contributed by atoms with E-state index in [0.717, 1.165) is 0 Å². The van der Waals surface area contributed by atoms with E-state index in [1.165, 1.54) is 11.0 Å². The van der Waals surface area contributed by atoms with Crippen molar-refractivity contribution in [2.24, 2.45) is 0 Å². The first-order valence-corrected chi connectivity index (χ1v) is 5.94. The molecule has 102 valence electrons. The molecule has 0 amide bonds. The molecule has 0 fully saturated rings. The highest BCUT2D eigenvalue weighted by Gasteiger charge is 2.31. The van der Waals surface area contributed by atoms with Crippen LogP contribution in [0.5, 0.6) is 0 Å². The predicted octanol–water partition coefficient (Wildman–Crippen LogP) is 1.28. The van der Waals surface area contributed by atoms with Crippen molar-refractivity contribution in [2.75, 3.05) is 13.1 Å². The van der Waals surface area contributed by atoms with Crippen LogP contribution in [-0.4, -0.2) is 40.1 Å². The summed E-state index contributed by atoms with van der Waals surface area (Å²) in [5.41, 5.74) is 1.26. The van der Waals surface area contributed by atoms with Gasteiger partial charge in [0.25, 0.3) is 0 Å². The number of carbonyl (C=O) groups is 2. The molecular weight excluding hydrogens is 253 g/mol. The first kappa shape index (κ1) is 13.5. The molecule has 0 saturated heterocycles. The van der Waals surface area contributed by atoms with Gasteiger partial charge in [0, 0.05) is 6.04 Å². The van der Waals surface area contributed by atoms with Gasteiger partial charge in [0.1, 0.15) is 5.82 Å². The van der Waals surface area contributed by atoms with E-state index < -0.39 is 11.9 Å². The van der Waals surface area contributed by atoms with Crippen LogP contribution in [0.25, 0.3) is 0 Å². The second-order valence-corrected chi connectivity index (χ2v) is 4.55. The lowest BCUT2D eigenvalue weighted by Gasteiger charge is -2.26. The smallest absolute Gasteiger partial charge is 0.317 e. The first-order valence-electron chi connectivity index (χ1n) is 5.94. The zero-order chi connectivity index (χ0) is 14.0. The molecule has 1 aliphatic rings. The summed E-state index contributed by atoms with van der Waals surface area (Å²) in [6.45, 7) is -0.736. The Morgan fingerprint density at radius 3 is 2.47 bits per heavy atom. The lowest BCUT2D eigenvalue weighted by Crippen LogP contribution is -2.36. The van der Waals surface area contributed by atoms with Gasteiger partial charge in [0.05, 0.1) is 13.1 Å². The number of carboxylic acid groups (broad SMARTS) is 2. The molecule has 0 saturated carbocycles. The third-order valence-corrected chi connectivity index (χ3v) is 3.30. The third kappa shape index (κ3) is 2.90. The van der Waals surface area contributed by atoms with E-state index >= 15 is 0 Å². The number of rotatable bonds is 5. The minimum atomic E-state index is -1.09. The number of hydrogen-bond acceptors (Lipinski definition) is 3. The summed E-state index contributed by atoms with van der Waals surface area (Å²) in [5, 5.41) is 17.7. The molecule has 19 heavy (non-hydrogen) atoms. The van der Waals surface area contributed by atoms with Crippen molar-refractivity contribution in [3.8, 4) is 0 Å². The molecule has 1 aromatic rings. The van der Waals surface area contributed by atoms with E-state index in [-0.39, 0.29) is 24.9 Å². The average Bonchev–Trinajstić information content (AvgIpc) is 2.72. The van der Waals surface area contributed by atoms with E-state index in [0.29, 0.717) is 24.0 Å². The van der Waals surface area contributed by atoms with Gasteiger partial charge in [-0.25, -0.2) is 4.39 Å². The SMILES string of the molecule is O=C(O)CN(CC(=O)O)C1CCc2c(F)cccc21. The molecule has 0 aromatic heterocycles. The summed E-state index contributed by atoms with van der Waals surface area (Å²) in [4.78, 5) is 23.0. The van der Waals surface area contributed by atoms with Gasteiger partial charge in [0.15, 0.2) is 0 Å². The molecule has 0 heterocycles. The van der Waals surface area contributed by atoms with Crippen LogP contribution in [0.1, 0.15) is 23.6 Å². The molecule has 0 aliphatic heterocycles. The van der Waals surface area contributed by atoms with Gasteiger partial charge in [-0.3, -0.25) is 14.5 Å². The van der Waals surface area contributed by atoms with Crippen LogP contribution in [0.3, 0.4) is 0 Å². The Kier molecular flexibility index (Phi) is 3.80. The fraction of sp³-hybridized carbons (Fsp3) is 0.385. The molecule has 1 aliphatic carbocycles. The van der Waals surface area contributed by atoms with Gasteiger partial charge in [-0.05, 0) is 30.0 Å². The van der Waals surface area contributed by atoms with Gasteiger partial charge in [0.2, 0.25) is 0 Å². The lowest BCUT2D eigenvalue weighted by molar-refractivity contribution is -0.142. The molecular formula is C13H14FNO4. The van der Waals surface area contributed by atoms with E-state index in [1.54, 1.807) is 12.1 Å². The van der Waals surface area contributed by atoms with Crippen LogP contribution in [-0.2, 0) is 16.0 Å². The maximum Gasteiger partial charge on any atom is 0.317 e. The largest absolute Gasteiger partial charge is 0.480 e. The minimum absolute atomic E-state index is 0.314. The van der Waals surface area contributed by atoms with E-state index in [4.69, 9.17) is 10.2 Å². The Labute approximate surface area is 109 Å². The second-order valence-electron chi connectivity index (χ2n) is 4.55. The van der Waals surface area contributed by atoms with Crippen LogP contribution in [0.2, 0.25) is 0 Å². The average molecular weight is 267 g/mol. The Balaban J connectivity index is 2.27. The molecule has 2 rings (SSSR count). The number of aliphatic carboxylic acids is 2. The molecule has 0 bridgehead atoms. The fourth-order valence-electron chi connectivity index (χ4n) is 2.59. The Hall–Kier alpha value is -1.95. The Morgan fingerprint density at radius 1 is 1.26 bits per heavy atom. The van der Waals surface area contributed by atoms with E-state index in [1.807, 2.05) is 0 Å². The van der Waals surface area contributed by atoms with Gasteiger partial charge in [-0.15, -0.1) is 0 Å². The van der Waals surface area contributed by atoms with Gasteiger partial charge >= 0.3 is 11.9 Å². The molecule has 1 unspecified atom stereocenters. The van der Waals surface area contributed by atoms with Crippen LogP contribution in [0.15, 0.2) is 18.2 Å². The van der Waals surface area contributed by atoms with Crippen LogP contribution >= 0.6 is 0 Å². The summed E-state index contributed by atoms with van der Waals surface area (Å²) in [6.07, 6.45) is 1.04. The molecule has 6 heteroatoms. The maximum absolute atomic E-state index is 13.6. The topological polar surface area (TPSA) is 77.8 Å². The Morgan fingerprint density at radius 2 is 1.89 bits per heavy atom. The molecule has 0 radical (unpaired) electrons. The minimum Gasteiger partial charge on any atom is -0.480 e. The first-order chi connectivity index (χ1) is 8.99. The molecule has 5 nitrogen and oxygen atoms in total. The second kappa shape index (κ2) is 5.36. The quantitative estimate of drug-likeness (QED) is 0.840. The zero-order valence-corrected chi connectivity index (χ0v) is 10.2. The number of carboxylic acids is 2. The third-order valence-electron chi connectivity index (χ3n) is 3.30. The molecule has 2 N–H and O–H groups in total. The fourth-order valence-corrected chi connectivity index (χ4v) is 2.59. The number of benzene rings is 1. The van der Waals surface area contributed by atoms with Crippen molar-refractivity contribution < 1.29 is 24.2 Å². The van der Waals surface area contributed by atoms with Crippen LogP contribution in [0, 0.1) is 5.82 Å². The Bertz CT molecular complexity index is 501.